The van der Waals surface area contributed by atoms with Crippen molar-refractivity contribution in [1.29, 1.82) is 5.26 Å². The van der Waals surface area contributed by atoms with Gasteiger partial charge >= 0.3 is 0 Å². The molecule has 5 nitrogen and oxygen atoms in total. The molecule has 2 aliphatic heterocycles. The molecule has 3 aromatic rings. The minimum atomic E-state index is -0.167. The van der Waals surface area contributed by atoms with Gasteiger partial charge in [-0.05, 0) is 23.3 Å². The molecule has 0 aliphatic carbocycles. The van der Waals surface area contributed by atoms with Gasteiger partial charge in [0.15, 0.2) is 0 Å². The Morgan fingerprint density at radius 3 is 2.26 bits per heavy atom. The van der Waals surface area contributed by atoms with Crippen molar-refractivity contribution in [3.8, 4) is 6.07 Å². The summed E-state index contributed by atoms with van der Waals surface area (Å²) in [4.78, 5) is 7.09. The van der Waals surface area contributed by atoms with Crippen molar-refractivity contribution in [1.82, 2.24) is 14.7 Å². The average molecular weight is 429 g/mol. The summed E-state index contributed by atoms with van der Waals surface area (Å²) in [5.74, 6) is 1.70. The zero-order chi connectivity index (χ0) is 21.0. The summed E-state index contributed by atoms with van der Waals surface area (Å²) in [5, 5.41) is 11.2. The number of hydrogen-bond acceptors (Lipinski definition) is 6. The molecule has 0 bridgehead atoms. The summed E-state index contributed by atoms with van der Waals surface area (Å²) in [6, 6.07) is 27.2. The second kappa shape index (κ2) is 9.03. The number of fused-ring (bicyclic) bond motifs is 1. The molecule has 1 saturated heterocycles. The first kappa shape index (κ1) is 20.0. The van der Waals surface area contributed by atoms with Gasteiger partial charge in [0.2, 0.25) is 0 Å². The molecule has 5 rings (SSSR count). The van der Waals surface area contributed by atoms with E-state index in [-0.39, 0.29) is 6.04 Å². The third kappa shape index (κ3) is 4.26. The van der Waals surface area contributed by atoms with Crippen LogP contribution < -0.4 is 0 Å². The van der Waals surface area contributed by atoms with Gasteiger partial charge < -0.3 is 9.32 Å². The predicted octanol–water partition coefficient (Wildman–Crippen LogP) is 5.00. The maximum atomic E-state index is 10.2. The third-order valence-electron chi connectivity index (χ3n) is 5.67. The summed E-state index contributed by atoms with van der Waals surface area (Å²) in [7, 11) is 0. The first-order valence-corrected chi connectivity index (χ1v) is 11.4. The number of furan rings is 1. The summed E-state index contributed by atoms with van der Waals surface area (Å²) in [6.45, 7) is 3.21. The second-order valence-electron chi connectivity index (χ2n) is 7.89. The Morgan fingerprint density at radius 1 is 0.903 bits per heavy atom. The van der Waals surface area contributed by atoms with Crippen molar-refractivity contribution in [2.45, 2.75) is 19.1 Å². The Balaban J connectivity index is 1.44. The van der Waals surface area contributed by atoms with Crippen LogP contribution in [-0.2, 0) is 13.1 Å². The van der Waals surface area contributed by atoms with Crippen LogP contribution >= 0.6 is 11.8 Å². The van der Waals surface area contributed by atoms with E-state index in [1.165, 1.54) is 11.1 Å². The van der Waals surface area contributed by atoms with E-state index in [2.05, 4.69) is 75.4 Å². The van der Waals surface area contributed by atoms with Crippen LogP contribution in [0.5, 0.6) is 0 Å². The Kier molecular flexibility index (Phi) is 5.81. The fourth-order valence-corrected chi connectivity index (χ4v) is 5.41. The number of nitriles is 1. The van der Waals surface area contributed by atoms with Crippen LogP contribution in [0.15, 0.2) is 94.1 Å². The van der Waals surface area contributed by atoms with Crippen molar-refractivity contribution < 1.29 is 4.42 Å². The first-order chi connectivity index (χ1) is 15.3. The molecule has 2 aliphatic rings. The quantitative estimate of drug-likeness (QED) is 0.570. The molecule has 1 aromatic heterocycles. The number of hydrogen-bond donors (Lipinski definition) is 0. The molecular weight excluding hydrogens is 404 g/mol. The summed E-state index contributed by atoms with van der Waals surface area (Å²) >= 11 is 1.76. The largest absolute Gasteiger partial charge is 0.467 e. The summed E-state index contributed by atoms with van der Waals surface area (Å²) in [6.07, 6.45) is 1.69. The van der Waals surface area contributed by atoms with Gasteiger partial charge in [0.05, 0.1) is 42.1 Å². The molecule has 3 heterocycles. The Bertz CT molecular complexity index is 1080. The highest BCUT2D eigenvalue weighted by Crippen LogP contribution is 2.42. The third-order valence-corrected chi connectivity index (χ3v) is 6.92. The van der Waals surface area contributed by atoms with Crippen LogP contribution in [0.25, 0.3) is 0 Å². The van der Waals surface area contributed by atoms with E-state index in [1.54, 1.807) is 18.0 Å². The lowest BCUT2D eigenvalue weighted by Crippen LogP contribution is -2.50. The number of nitrogens with zero attached hydrogens (tertiary/aromatic N) is 4. The van der Waals surface area contributed by atoms with E-state index in [4.69, 9.17) is 4.42 Å². The first-order valence-electron chi connectivity index (χ1n) is 10.4. The smallest absolute Gasteiger partial charge is 0.126 e. The Labute approximate surface area is 187 Å². The molecule has 31 heavy (non-hydrogen) atoms. The monoisotopic (exact) mass is 428 g/mol. The van der Waals surface area contributed by atoms with Crippen molar-refractivity contribution in [3.05, 3.63) is 107 Å². The summed E-state index contributed by atoms with van der Waals surface area (Å²) < 4.78 is 5.79. The van der Waals surface area contributed by atoms with Gasteiger partial charge in [-0.25, -0.2) is 0 Å². The lowest BCUT2D eigenvalue weighted by molar-refractivity contribution is 0.0566. The van der Waals surface area contributed by atoms with E-state index in [0.717, 1.165) is 48.7 Å². The molecule has 0 amide bonds. The molecule has 0 saturated carbocycles. The lowest BCUT2D eigenvalue weighted by atomic mass is 10.0. The zero-order valence-corrected chi connectivity index (χ0v) is 18.0. The molecule has 0 N–H and O–H groups in total. The Hall–Kier alpha value is -2.98. The molecule has 2 aromatic carbocycles. The van der Waals surface area contributed by atoms with Crippen LogP contribution in [0.4, 0.5) is 0 Å². The maximum absolute atomic E-state index is 10.2. The van der Waals surface area contributed by atoms with Gasteiger partial charge in [-0.15, -0.1) is 0 Å². The van der Waals surface area contributed by atoms with Crippen molar-refractivity contribution in [2.75, 3.05) is 19.2 Å². The van der Waals surface area contributed by atoms with Gasteiger partial charge in [0, 0.05) is 13.1 Å². The molecule has 1 unspecified atom stereocenters. The van der Waals surface area contributed by atoms with Gasteiger partial charge in [0.1, 0.15) is 11.8 Å². The zero-order valence-electron chi connectivity index (χ0n) is 17.2. The highest BCUT2D eigenvalue weighted by molar-refractivity contribution is 8.03. The number of thioether (sulfide) groups is 1. The molecule has 0 radical (unpaired) electrons. The maximum Gasteiger partial charge on any atom is 0.126 e. The average Bonchev–Trinajstić information content (AvgIpc) is 3.34. The van der Waals surface area contributed by atoms with Gasteiger partial charge in [-0.2, -0.15) is 5.26 Å². The molecule has 156 valence electrons. The van der Waals surface area contributed by atoms with E-state index < -0.39 is 0 Å². The molecule has 1 fully saturated rings. The second-order valence-corrected chi connectivity index (χ2v) is 8.83. The fraction of sp³-hybridized carbons (Fsp3) is 0.240. The van der Waals surface area contributed by atoms with E-state index in [0.29, 0.717) is 0 Å². The number of rotatable bonds is 5. The van der Waals surface area contributed by atoms with Crippen LogP contribution in [0.1, 0.15) is 22.9 Å². The van der Waals surface area contributed by atoms with Gasteiger partial charge in [0.25, 0.3) is 0 Å². The van der Waals surface area contributed by atoms with Crippen LogP contribution in [0.2, 0.25) is 0 Å². The van der Waals surface area contributed by atoms with Gasteiger partial charge in [-0.3, -0.25) is 9.80 Å². The number of benzene rings is 2. The van der Waals surface area contributed by atoms with E-state index in [1.807, 2.05) is 18.2 Å². The topological polar surface area (TPSA) is 46.7 Å². The highest BCUT2D eigenvalue weighted by atomic mass is 32.2. The van der Waals surface area contributed by atoms with E-state index in [9.17, 15) is 5.26 Å². The molecule has 6 heteroatoms. The minimum absolute atomic E-state index is 0.167. The minimum Gasteiger partial charge on any atom is -0.467 e. The predicted molar refractivity (Wildman–Crippen MR) is 122 cm³/mol. The fourth-order valence-electron chi connectivity index (χ4n) is 4.32. The van der Waals surface area contributed by atoms with Crippen LogP contribution in [0.3, 0.4) is 0 Å². The molecule has 0 spiro atoms. The normalized spacial score (nSPS) is 19.8. The Morgan fingerprint density at radius 2 is 1.61 bits per heavy atom. The van der Waals surface area contributed by atoms with E-state index >= 15 is 0 Å². The van der Waals surface area contributed by atoms with Crippen molar-refractivity contribution in [2.24, 2.45) is 0 Å². The SMILES string of the molecule is N#CC1=C2SCN(Cc3ccccc3)CN2CN(Cc2ccccc2)C1c1ccco1. The lowest BCUT2D eigenvalue weighted by Gasteiger charge is -2.47. The standard InChI is InChI=1S/C25H24N4OS/c26-14-22-24(23-12-7-13-30-23)28(16-21-10-5-2-6-11-21)18-29-17-27(19-31-25(22)29)15-20-8-3-1-4-9-20/h1-13,24H,15-19H2. The van der Waals surface area contributed by atoms with Gasteiger partial charge in [-0.1, -0.05) is 72.4 Å². The van der Waals surface area contributed by atoms with Crippen LogP contribution in [0, 0.1) is 11.3 Å². The molecular formula is C25H24N4OS. The van der Waals surface area contributed by atoms with Crippen LogP contribution in [-0.4, -0.2) is 33.9 Å². The highest BCUT2D eigenvalue weighted by Gasteiger charge is 2.39. The van der Waals surface area contributed by atoms with Crippen molar-refractivity contribution >= 4 is 11.8 Å². The summed E-state index contributed by atoms with van der Waals surface area (Å²) in [5.41, 5.74) is 3.31. The molecule has 1 atom stereocenters. The van der Waals surface area contributed by atoms with Crippen molar-refractivity contribution in [3.63, 3.8) is 0 Å².